The van der Waals surface area contributed by atoms with Crippen LogP contribution in [0.15, 0.2) is 11.8 Å². The van der Waals surface area contributed by atoms with Gasteiger partial charge in [0.05, 0.1) is 0 Å². The van der Waals surface area contributed by atoms with Gasteiger partial charge < -0.3 is 10.6 Å². The Hall–Kier alpha value is -1.85. The van der Waals surface area contributed by atoms with E-state index in [-0.39, 0.29) is 46.6 Å². The first kappa shape index (κ1) is 26.4. The number of ketones is 1. The Labute approximate surface area is 229 Å². The summed E-state index contributed by atoms with van der Waals surface area (Å²) in [7, 11) is 0. The molecule has 6 nitrogen and oxygen atoms in total. The molecule has 1 aliphatic heterocycles. The van der Waals surface area contributed by atoms with Crippen molar-refractivity contribution in [2.45, 2.75) is 129 Å². The van der Waals surface area contributed by atoms with Gasteiger partial charge in [0.25, 0.3) is 0 Å². The van der Waals surface area contributed by atoms with E-state index in [0.717, 1.165) is 82.9 Å². The number of rotatable bonds is 3. The summed E-state index contributed by atoms with van der Waals surface area (Å²) in [5.74, 6) is 1.90. The number of carbonyl (C=O) groups excluding carboxylic acids is 3. The van der Waals surface area contributed by atoms with Gasteiger partial charge >= 0.3 is 6.03 Å². The monoisotopic (exact) mass is 523 g/mol. The topological polar surface area (TPSA) is 78.5 Å². The van der Waals surface area contributed by atoms with Gasteiger partial charge in [-0.3, -0.25) is 14.5 Å². The Bertz CT molecular complexity index is 980. The lowest BCUT2D eigenvalue weighted by Gasteiger charge is -2.58. The van der Waals surface area contributed by atoms with Crippen LogP contribution in [-0.2, 0) is 9.59 Å². The molecule has 6 heteroatoms. The maximum absolute atomic E-state index is 14.5. The van der Waals surface area contributed by atoms with Gasteiger partial charge in [-0.1, -0.05) is 52.4 Å². The lowest BCUT2D eigenvalue weighted by Crippen LogP contribution is -2.59. The fraction of sp³-hybridized carbons (Fsp3) is 0.844. The number of nitrogens with zero attached hydrogens (tertiary/aromatic N) is 1. The third kappa shape index (κ3) is 4.42. The summed E-state index contributed by atoms with van der Waals surface area (Å²) in [6, 6.07) is 0.167. The van der Waals surface area contributed by atoms with Crippen molar-refractivity contribution in [3.63, 3.8) is 0 Å². The molecule has 0 aromatic heterocycles. The van der Waals surface area contributed by atoms with Crippen molar-refractivity contribution < 1.29 is 14.4 Å². The molecule has 5 fully saturated rings. The van der Waals surface area contributed by atoms with E-state index in [4.69, 9.17) is 0 Å². The normalized spacial score (nSPS) is 39.7. The molecule has 1 heterocycles. The van der Waals surface area contributed by atoms with Gasteiger partial charge in [0.1, 0.15) is 0 Å². The number of piperidine rings is 1. The van der Waals surface area contributed by atoms with Gasteiger partial charge in [-0.25, -0.2) is 4.79 Å². The Morgan fingerprint density at radius 1 is 0.895 bits per heavy atom. The second-order valence-electron chi connectivity index (χ2n) is 14.2. The Morgan fingerprint density at radius 3 is 2.34 bits per heavy atom. The number of fused-ring (bicyclic) bond motifs is 5. The standard InChI is InChI=1S/C32H49N3O3/c1-31-18-16-26-24(20-33-28-19-23(36)15-17-32(26,28)2)25(31)13-14-27(31)29(37)35(22-11-7-4-8-12-22)30(38)34-21-9-5-3-6-10-21/h19,21-22,24-27,33H,3-18,20H2,1-2H3,(H,34,38)/t24-,25-,26-,27+,31-,32+/m0/s1. The van der Waals surface area contributed by atoms with E-state index < -0.39 is 0 Å². The van der Waals surface area contributed by atoms with E-state index in [9.17, 15) is 14.4 Å². The molecule has 0 aromatic carbocycles. The number of carbonyl (C=O) groups is 3. The highest BCUT2D eigenvalue weighted by molar-refractivity contribution is 5.96. The molecule has 210 valence electrons. The molecular formula is C32H49N3O3. The van der Waals surface area contributed by atoms with E-state index in [0.29, 0.717) is 24.2 Å². The van der Waals surface area contributed by atoms with Gasteiger partial charge in [-0.05, 0) is 81.0 Å². The first-order chi connectivity index (χ1) is 18.3. The molecule has 5 aliphatic carbocycles. The van der Waals surface area contributed by atoms with Crippen LogP contribution in [0.4, 0.5) is 4.79 Å². The van der Waals surface area contributed by atoms with Crippen LogP contribution in [0.25, 0.3) is 0 Å². The Morgan fingerprint density at radius 2 is 1.61 bits per heavy atom. The smallest absolute Gasteiger partial charge is 0.324 e. The minimum atomic E-state index is -0.108. The summed E-state index contributed by atoms with van der Waals surface area (Å²) < 4.78 is 0. The number of hydrogen-bond acceptors (Lipinski definition) is 4. The average molecular weight is 524 g/mol. The lowest BCUT2D eigenvalue weighted by molar-refractivity contribution is -0.142. The Balaban J connectivity index is 1.23. The minimum Gasteiger partial charge on any atom is -0.387 e. The van der Waals surface area contributed by atoms with E-state index >= 15 is 0 Å². The highest BCUT2D eigenvalue weighted by Gasteiger charge is 2.61. The fourth-order valence-corrected chi connectivity index (χ4v) is 9.99. The van der Waals surface area contributed by atoms with Crippen molar-refractivity contribution in [3.05, 3.63) is 11.8 Å². The number of allylic oxidation sites excluding steroid dienone is 2. The van der Waals surface area contributed by atoms with E-state index in [2.05, 4.69) is 24.5 Å². The van der Waals surface area contributed by atoms with Crippen LogP contribution in [0.1, 0.15) is 117 Å². The summed E-state index contributed by atoms with van der Waals surface area (Å²) in [5, 5.41) is 7.00. The predicted molar refractivity (Wildman–Crippen MR) is 148 cm³/mol. The SMILES string of the molecule is C[C@]12CC[C@H]3[C@@H](CNC4=CC(=O)CC[C@@]43C)[C@@H]1CC[C@@H]2C(=O)N(C(=O)NC1CCCCC1)C1CCCCC1. The van der Waals surface area contributed by atoms with Crippen LogP contribution >= 0.6 is 0 Å². The molecule has 0 radical (unpaired) electrons. The molecule has 0 unspecified atom stereocenters. The highest BCUT2D eigenvalue weighted by atomic mass is 16.2. The maximum Gasteiger partial charge on any atom is 0.324 e. The molecule has 2 N–H and O–H groups in total. The number of amides is 3. The zero-order valence-corrected chi connectivity index (χ0v) is 23.7. The van der Waals surface area contributed by atoms with Crippen molar-refractivity contribution in [3.8, 4) is 0 Å². The van der Waals surface area contributed by atoms with Crippen LogP contribution in [0.2, 0.25) is 0 Å². The average Bonchev–Trinajstić information content (AvgIpc) is 3.27. The van der Waals surface area contributed by atoms with Gasteiger partial charge in [0.15, 0.2) is 5.78 Å². The summed E-state index contributed by atoms with van der Waals surface area (Å²) in [6.07, 6.45) is 18.6. The van der Waals surface area contributed by atoms with Gasteiger partial charge in [0, 0.05) is 48.2 Å². The zero-order valence-electron chi connectivity index (χ0n) is 23.7. The molecule has 1 saturated heterocycles. The number of urea groups is 1. The molecule has 0 spiro atoms. The molecule has 6 aliphatic rings. The van der Waals surface area contributed by atoms with E-state index in [1.54, 1.807) is 4.90 Å². The van der Waals surface area contributed by atoms with Gasteiger partial charge in [0.2, 0.25) is 5.91 Å². The van der Waals surface area contributed by atoms with Crippen molar-refractivity contribution in [1.29, 1.82) is 0 Å². The summed E-state index contributed by atoms with van der Waals surface area (Å²) in [4.78, 5) is 42.2. The highest BCUT2D eigenvalue weighted by Crippen LogP contribution is 2.64. The lowest BCUT2D eigenvalue weighted by atomic mass is 9.50. The number of imide groups is 1. The molecule has 38 heavy (non-hydrogen) atoms. The van der Waals surface area contributed by atoms with Crippen LogP contribution in [0.5, 0.6) is 0 Å². The number of hydrogen-bond donors (Lipinski definition) is 2. The van der Waals surface area contributed by atoms with Crippen LogP contribution in [-0.4, -0.2) is 41.2 Å². The Kier molecular flexibility index (Phi) is 7.14. The van der Waals surface area contributed by atoms with Crippen molar-refractivity contribution >= 4 is 17.7 Å². The van der Waals surface area contributed by atoms with Crippen LogP contribution < -0.4 is 10.6 Å². The molecule has 0 bridgehead atoms. The van der Waals surface area contributed by atoms with Crippen molar-refractivity contribution in [2.75, 3.05) is 6.54 Å². The minimum absolute atomic E-state index is 0.0499. The molecule has 0 aromatic rings. The summed E-state index contributed by atoms with van der Waals surface area (Å²) >= 11 is 0. The third-order valence-electron chi connectivity index (χ3n) is 12.2. The predicted octanol–water partition coefficient (Wildman–Crippen LogP) is 6.11. The quantitative estimate of drug-likeness (QED) is 0.468. The second-order valence-corrected chi connectivity index (χ2v) is 14.2. The van der Waals surface area contributed by atoms with E-state index in [1.165, 1.54) is 25.7 Å². The summed E-state index contributed by atoms with van der Waals surface area (Å²) in [5.41, 5.74) is 1.15. The van der Waals surface area contributed by atoms with Crippen LogP contribution in [0.3, 0.4) is 0 Å². The van der Waals surface area contributed by atoms with E-state index in [1.807, 2.05) is 6.08 Å². The molecular weight excluding hydrogens is 474 g/mol. The first-order valence-electron chi connectivity index (χ1n) is 15.9. The maximum atomic E-state index is 14.5. The number of nitrogens with one attached hydrogen (secondary N) is 2. The summed E-state index contributed by atoms with van der Waals surface area (Å²) in [6.45, 7) is 5.66. The van der Waals surface area contributed by atoms with Gasteiger partial charge in [-0.15, -0.1) is 0 Å². The van der Waals surface area contributed by atoms with Crippen LogP contribution in [0, 0.1) is 34.5 Å². The van der Waals surface area contributed by atoms with Crippen molar-refractivity contribution in [2.24, 2.45) is 34.5 Å². The fourth-order valence-electron chi connectivity index (χ4n) is 9.99. The van der Waals surface area contributed by atoms with Gasteiger partial charge in [-0.2, -0.15) is 0 Å². The molecule has 4 saturated carbocycles. The largest absolute Gasteiger partial charge is 0.387 e. The van der Waals surface area contributed by atoms with Crippen molar-refractivity contribution in [1.82, 2.24) is 15.5 Å². The molecule has 3 amide bonds. The molecule has 6 rings (SSSR count). The second kappa shape index (κ2) is 10.3. The zero-order chi connectivity index (χ0) is 26.5. The first-order valence-corrected chi connectivity index (χ1v) is 15.9. The molecule has 6 atom stereocenters. The third-order valence-corrected chi connectivity index (χ3v) is 12.2.